The Kier molecular flexibility index (Phi) is 8.20. The van der Waals surface area contributed by atoms with E-state index in [0.717, 1.165) is 25.8 Å². The third-order valence-corrected chi connectivity index (χ3v) is 6.35. The van der Waals surface area contributed by atoms with Crippen molar-refractivity contribution in [2.24, 2.45) is 0 Å². The summed E-state index contributed by atoms with van der Waals surface area (Å²) in [5, 5.41) is 4.60. The number of nitrogens with one attached hydrogen (secondary N) is 1. The van der Waals surface area contributed by atoms with Gasteiger partial charge < -0.3 is 15.0 Å². The molecule has 1 aromatic carbocycles. The Hall–Kier alpha value is -2.71. The van der Waals surface area contributed by atoms with Gasteiger partial charge in [-0.05, 0) is 49.4 Å². The molecule has 1 aliphatic rings. The summed E-state index contributed by atoms with van der Waals surface area (Å²) in [6, 6.07) is 11.3. The van der Waals surface area contributed by atoms with E-state index in [1.807, 2.05) is 35.2 Å². The van der Waals surface area contributed by atoms with Gasteiger partial charge in [0.05, 0.1) is 19.3 Å². The zero-order chi connectivity index (χ0) is 22.2. The second-order valence-electron chi connectivity index (χ2n) is 7.56. The molecule has 31 heavy (non-hydrogen) atoms. The molecule has 3 rings (SSSR count). The maximum atomic E-state index is 12.7. The highest BCUT2D eigenvalue weighted by Crippen LogP contribution is 2.24. The lowest BCUT2D eigenvalue weighted by Gasteiger charge is -2.38. The molecule has 0 bridgehead atoms. The van der Waals surface area contributed by atoms with E-state index in [9.17, 15) is 14.4 Å². The lowest BCUT2D eigenvalue weighted by Crippen LogP contribution is -2.49. The molecular weight excluding hydrogens is 414 g/mol. The predicted octanol–water partition coefficient (Wildman–Crippen LogP) is 3.49. The van der Waals surface area contributed by atoms with Gasteiger partial charge in [0.15, 0.2) is 0 Å². The highest BCUT2D eigenvalue weighted by molar-refractivity contribution is 7.12. The Balaban J connectivity index is 1.56. The lowest BCUT2D eigenvalue weighted by molar-refractivity contribution is -0.118. The molecule has 2 heterocycles. The predicted molar refractivity (Wildman–Crippen MR) is 122 cm³/mol. The molecule has 7 nitrogen and oxygen atoms in total. The lowest BCUT2D eigenvalue weighted by atomic mass is 10.0. The fourth-order valence-corrected chi connectivity index (χ4v) is 4.67. The largest absolute Gasteiger partial charge is 0.465 e. The number of hydrogen-bond acceptors (Lipinski definition) is 6. The maximum absolute atomic E-state index is 12.7. The van der Waals surface area contributed by atoms with E-state index in [2.05, 4.69) is 17.1 Å². The summed E-state index contributed by atoms with van der Waals surface area (Å²) in [6.45, 7) is 4.50. The summed E-state index contributed by atoms with van der Waals surface area (Å²) in [7, 11) is 1.32. The standard InChI is InChI=1S/C23H29N3O4S/c1-3-12-26(16-20(27)24-19-11-15-31-21(19)23(29)30-2)18-9-13-25(14-10-18)22(28)17-7-5-4-6-8-17/h4-8,11,15,18H,3,9-10,12-14,16H2,1-2H3,(H,24,27). The molecule has 0 aliphatic carbocycles. The molecule has 1 aliphatic heterocycles. The molecule has 166 valence electrons. The Labute approximate surface area is 187 Å². The summed E-state index contributed by atoms with van der Waals surface area (Å²) in [5.74, 6) is -0.544. The number of anilines is 1. The molecule has 1 N–H and O–H groups in total. The normalized spacial score (nSPS) is 14.5. The van der Waals surface area contributed by atoms with Gasteiger partial charge in [-0.1, -0.05) is 25.1 Å². The van der Waals surface area contributed by atoms with E-state index >= 15 is 0 Å². The number of nitrogens with zero attached hydrogens (tertiary/aromatic N) is 2. The van der Waals surface area contributed by atoms with Crippen LogP contribution < -0.4 is 5.32 Å². The van der Waals surface area contributed by atoms with Gasteiger partial charge in [-0.3, -0.25) is 14.5 Å². The molecule has 1 fully saturated rings. The van der Waals surface area contributed by atoms with E-state index in [4.69, 9.17) is 4.74 Å². The number of benzene rings is 1. The van der Waals surface area contributed by atoms with Crippen LogP contribution in [0, 0.1) is 0 Å². The van der Waals surface area contributed by atoms with E-state index in [1.165, 1.54) is 18.4 Å². The smallest absolute Gasteiger partial charge is 0.350 e. The fraction of sp³-hybridized carbons (Fsp3) is 0.435. The average molecular weight is 444 g/mol. The highest BCUT2D eigenvalue weighted by atomic mass is 32.1. The van der Waals surface area contributed by atoms with Crippen LogP contribution in [0.5, 0.6) is 0 Å². The first kappa shape index (κ1) is 23.0. The van der Waals surface area contributed by atoms with Gasteiger partial charge in [-0.2, -0.15) is 0 Å². The van der Waals surface area contributed by atoms with Crippen LogP contribution in [0.15, 0.2) is 41.8 Å². The van der Waals surface area contributed by atoms with Crippen molar-refractivity contribution in [1.29, 1.82) is 0 Å². The molecule has 8 heteroatoms. The van der Waals surface area contributed by atoms with E-state index in [0.29, 0.717) is 29.2 Å². The van der Waals surface area contributed by atoms with Crippen molar-refractivity contribution in [1.82, 2.24) is 9.80 Å². The second-order valence-corrected chi connectivity index (χ2v) is 8.48. The van der Waals surface area contributed by atoms with Crippen molar-refractivity contribution in [3.05, 3.63) is 52.2 Å². The van der Waals surface area contributed by atoms with Crippen molar-refractivity contribution in [3.8, 4) is 0 Å². The van der Waals surface area contributed by atoms with Crippen molar-refractivity contribution in [2.45, 2.75) is 32.2 Å². The number of thiophene rings is 1. The minimum absolute atomic E-state index is 0.0617. The van der Waals surface area contributed by atoms with E-state index in [-0.39, 0.29) is 24.4 Å². The number of methoxy groups -OCH3 is 1. The zero-order valence-electron chi connectivity index (χ0n) is 18.0. The van der Waals surface area contributed by atoms with E-state index < -0.39 is 5.97 Å². The van der Waals surface area contributed by atoms with Gasteiger partial charge in [0.25, 0.3) is 5.91 Å². The molecule has 2 amide bonds. The molecular formula is C23H29N3O4S. The number of hydrogen-bond donors (Lipinski definition) is 1. The molecule has 0 unspecified atom stereocenters. The number of rotatable bonds is 8. The Morgan fingerprint density at radius 1 is 1.16 bits per heavy atom. The molecule has 0 saturated carbocycles. The first-order chi connectivity index (χ1) is 15.0. The minimum Gasteiger partial charge on any atom is -0.465 e. The molecule has 1 aromatic heterocycles. The quantitative estimate of drug-likeness (QED) is 0.632. The minimum atomic E-state index is -0.453. The number of ether oxygens (including phenoxy) is 1. The Bertz CT molecular complexity index is 891. The number of likely N-dealkylation sites (tertiary alicyclic amines) is 1. The average Bonchev–Trinajstić information content (AvgIpc) is 3.26. The van der Waals surface area contributed by atoms with Crippen LogP contribution >= 0.6 is 11.3 Å². The van der Waals surface area contributed by atoms with Gasteiger partial charge in [0, 0.05) is 24.7 Å². The summed E-state index contributed by atoms with van der Waals surface area (Å²) in [4.78, 5) is 41.7. The highest BCUT2D eigenvalue weighted by Gasteiger charge is 2.28. The number of esters is 1. The molecule has 0 spiro atoms. The number of carbonyl (C=O) groups excluding carboxylic acids is 3. The van der Waals surface area contributed by atoms with Crippen molar-refractivity contribution >= 4 is 34.8 Å². The van der Waals surface area contributed by atoms with Crippen LogP contribution in [0.2, 0.25) is 0 Å². The molecule has 0 radical (unpaired) electrons. The fourth-order valence-electron chi connectivity index (χ4n) is 3.91. The van der Waals surface area contributed by atoms with Gasteiger partial charge in [0.1, 0.15) is 4.88 Å². The van der Waals surface area contributed by atoms with Gasteiger partial charge in [-0.15, -0.1) is 11.3 Å². The molecule has 1 saturated heterocycles. The van der Waals surface area contributed by atoms with Crippen molar-refractivity contribution in [3.63, 3.8) is 0 Å². The van der Waals surface area contributed by atoms with Crippen LogP contribution in [0.1, 0.15) is 46.2 Å². The summed E-state index contributed by atoms with van der Waals surface area (Å²) < 4.78 is 4.77. The van der Waals surface area contributed by atoms with Crippen LogP contribution in [-0.4, -0.2) is 66.9 Å². The monoisotopic (exact) mass is 443 g/mol. The Morgan fingerprint density at radius 3 is 2.52 bits per heavy atom. The summed E-state index contributed by atoms with van der Waals surface area (Å²) in [5.41, 5.74) is 1.20. The van der Waals surface area contributed by atoms with Gasteiger partial charge in [0.2, 0.25) is 5.91 Å². The molecule has 2 aromatic rings. The Morgan fingerprint density at radius 2 is 1.87 bits per heavy atom. The summed E-state index contributed by atoms with van der Waals surface area (Å²) in [6.07, 6.45) is 2.59. The zero-order valence-corrected chi connectivity index (χ0v) is 18.8. The second kappa shape index (κ2) is 11.1. The first-order valence-electron chi connectivity index (χ1n) is 10.6. The third-order valence-electron chi connectivity index (χ3n) is 5.46. The molecule has 0 atom stereocenters. The van der Waals surface area contributed by atoms with E-state index in [1.54, 1.807) is 11.4 Å². The SMILES string of the molecule is CCCN(CC(=O)Nc1ccsc1C(=O)OC)C1CCN(C(=O)c2ccccc2)CC1. The van der Waals surface area contributed by atoms with Crippen LogP contribution in [-0.2, 0) is 9.53 Å². The van der Waals surface area contributed by atoms with Crippen molar-refractivity contribution < 1.29 is 19.1 Å². The maximum Gasteiger partial charge on any atom is 0.350 e. The topological polar surface area (TPSA) is 79.0 Å². The first-order valence-corrected chi connectivity index (χ1v) is 11.5. The number of amides is 2. The third kappa shape index (κ3) is 5.92. The number of carbonyl (C=O) groups is 3. The van der Waals surface area contributed by atoms with Gasteiger partial charge >= 0.3 is 5.97 Å². The van der Waals surface area contributed by atoms with Crippen molar-refractivity contribution in [2.75, 3.05) is 38.6 Å². The van der Waals surface area contributed by atoms with Crippen LogP contribution in [0.25, 0.3) is 0 Å². The van der Waals surface area contributed by atoms with Crippen LogP contribution in [0.4, 0.5) is 5.69 Å². The summed E-state index contributed by atoms with van der Waals surface area (Å²) >= 11 is 1.24. The number of piperidine rings is 1. The van der Waals surface area contributed by atoms with Gasteiger partial charge in [-0.25, -0.2) is 4.79 Å². The van der Waals surface area contributed by atoms with Crippen LogP contribution in [0.3, 0.4) is 0 Å².